The van der Waals surface area contributed by atoms with Crippen molar-refractivity contribution >= 4 is 23.5 Å². The SMILES string of the molecule is O=C(COc1ccc(Cl)cc1)N1Cc2cnc(N3CCOCC3)nc2C1. The summed E-state index contributed by atoms with van der Waals surface area (Å²) in [6.07, 6.45) is 1.82. The van der Waals surface area contributed by atoms with E-state index < -0.39 is 0 Å². The smallest absolute Gasteiger partial charge is 0.261 e. The number of anilines is 1. The van der Waals surface area contributed by atoms with Crippen molar-refractivity contribution in [1.82, 2.24) is 14.9 Å². The molecule has 3 heterocycles. The van der Waals surface area contributed by atoms with Gasteiger partial charge in [0, 0.05) is 36.4 Å². The highest BCUT2D eigenvalue weighted by Crippen LogP contribution is 2.23. The van der Waals surface area contributed by atoms with Crippen LogP contribution in [0.3, 0.4) is 0 Å². The Bertz CT molecular complexity index is 794. The number of amides is 1. The molecule has 0 saturated carbocycles. The van der Waals surface area contributed by atoms with Crippen LogP contribution in [0.1, 0.15) is 11.3 Å². The summed E-state index contributed by atoms with van der Waals surface area (Å²) in [5, 5.41) is 0.633. The van der Waals surface area contributed by atoms with Crippen LogP contribution in [-0.4, -0.2) is 53.7 Å². The average molecular weight is 375 g/mol. The van der Waals surface area contributed by atoms with Crippen LogP contribution in [0.5, 0.6) is 5.75 Å². The number of morpholine rings is 1. The maximum absolute atomic E-state index is 12.4. The summed E-state index contributed by atoms with van der Waals surface area (Å²) in [4.78, 5) is 25.4. The molecule has 0 spiro atoms. The van der Waals surface area contributed by atoms with E-state index in [2.05, 4.69) is 14.9 Å². The molecule has 1 amide bonds. The van der Waals surface area contributed by atoms with Gasteiger partial charge in [-0.25, -0.2) is 9.97 Å². The normalized spacial score (nSPS) is 16.5. The fraction of sp³-hybridized carbons (Fsp3) is 0.389. The minimum atomic E-state index is -0.0779. The Labute approximate surface area is 156 Å². The topological polar surface area (TPSA) is 67.8 Å². The fourth-order valence-corrected chi connectivity index (χ4v) is 3.13. The Morgan fingerprint density at radius 2 is 1.96 bits per heavy atom. The fourth-order valence-electron chi connectivity index (χ4n) is 3.00. The second-order valence-corrected chi connectivity index (χ2v) is 6.67. The zero-order valence-electron chi connectivity index (χ0n) is 14.2. The number of rotatable bonds is 4. The third kappa shape index (κ3) is 3.73. The minimum Gasteiger partial charge on any atom is -0.484 e. The highest BCUT2D eigenvalue weighted by Gasteiger charge is 2.26. The van der Waals surface area contributed by atoms with Crippen LogP contribution in [0.25, 0.3) is 0 Å². The molecule has 1 aromatic heterocycles. The van der Waals surface area contributed by atoms with Crippen LogP contribution in [0.15, 0.2) is 30.5 Å². The monoisotopic (exact) mass is 374 g/mol. The molecule has 1 aromatic carbocycles. The van der Waals surface area contributed by atoms with Gasteiger partial charge in [-0.05, 0) is 24.3 Å². The summed E-state index contributed by atoms with van der Waals surface area (Å²) in [6.45, 7) is 3.94. The maximum atomic E-state index is 12.4. The first-order valence-corrected chi connectivity index (χ1v) is 8.90. The number of nitrogens with zero attached hydrogens (tertiary/aromatic N) is 4. The van der Waals surface area contributed by atoms with E-state index in [1.54, 1.807) is 29.2 Å². The molecule has 2 aliphatic heterocycles. The van der Waals surface area contributed by atoms with Gasteiger partial charge in [0.15, 0.2) is 6.61 Å². The summed E-state index contributed by atoms with van der Waals surface area (Å²) in [5.41, 5.74) is 1.89. The lowest BCUT2D eigenvalue weighted by atomic mass is 10.3. The number of fused-ring (bicyclic) bond motifs is 1. The third-order valence-electron chi connectivity index (χ3n) is 4.47. The Hall–Kier alpha value is -2.38. The molecular weight excluding hydrogens is 356 g/mol. The minimum absolute atomic E-state index is 0.0145. The molecule has 0 atom stereocenters. The quantitative estimate of drug-likeness (QED) is 0.814. The molecule has 2 aromatic rings. The molecule has 0 unspecified atom stereocenters. The average Bonchev–Trinajstić information content (AvgIpc) is 3.11. The van der Waals surface area contributed by atoms with Gasteiger partial charge in [-0.15, -0.1) is 0 Å². The van der Waals surface area contributed by atoms with E-state index in [0.29, 0.717) is 43.0 Å². The Morgan fingerprint density at radius 3 is 2.73 bits per heavy atom. The third-order valence-corrected chi connectivity index (χ3v) is 4.72. The zero-order valence-corrected chi connectivity index (χ0v) is 15.0. The number of halogens is 1. The summed E-state index contributed by atoms with van der Waals surface area (Å²) in [5.74, 6) is 1.25. The van der Waals surface area contributed by atoms with Gasteiger partial charge >= 0.3 is 0 Å². The lowest BCUT2D eigenvalue weighted by Crippen LogP contribution is -2.37. The van der Waals surface area contributed by atoms with Crippen molar-refractivity contribution in [2.24, 2.45) is 0 Å². The van der Waals surface area contributed by atoms with Crippen molar-refractivity contribution in [3.05, 3.63) is 46.7 Å². The molecule has 2 aliphatic rings. The van der Waals surface area contributed by atoms with E-state index in [4.69, 9.17) is 21.1 Å². The molecule has 136 valence electrons. The lowest BCUT2D eigenvalue weighted by Gasteiger charge is -2.26. The van der Waals surface area contributed by atoms with Gasteiger partial charge in [-0.2, -0.15) is 0 Å². The van der Waals surface area contributed by atoms with Crippen LogP contribution in [-0.2, 0) is 22.6 Å². The van der Waals surface area contributed by atoms with Crippen molar-refractivity contribution < 1.29 is 14.3 Å². The molecule has 0 radical (unpaired) electrons. The number of carbonyl (C=O) groups is 1. The van der Waals surface area contributed by atoms with Gasteiger partial charge in [0.05, 0.1) is 25.5 Å². The predicted molar refractivity (Wildman–Crippen MR) is 96.3 cm³/mol. The number of benzene rings is 1. The number of hydrogen-bond donors (Lipinski definition) is 0. The van der Waals surface area contributed by atoms with Gasteiger partial charge in [0.2, 0.25) is 5.95 Å². The second-order valence-electron chi connectivity index (χ2n) is 6.23. The molecule has 26 heavy (non-hydrogen) atoms. The van der Waals surface area contributed by atoms with E-state index in [9.17, 15) is 4.79 Å². The molecule has 8 heteroatoms. The summed E-state index contributed by atoms with van der Waals surface area (Å²) in [6, 6.07) is 6.95. The van der Waals surface area contributed by atoms with Crippen LogP contribution in [0.4, 0.5) is 5.95 Å². The first-order valence-electron chi connectivity index (χ1n) is 8.53. The van der Waals surface area contributed by atoms with E-state index in [1.165, 1.54) is 0 Å². The lowest BCUT2D eigenvalue weighted by molar-refractivity contribution is -0.134. The van der Waals surface area contributed by atoms with E-state index in [1.807, 2.05) is 6.20 Å². The zero-order chi connectivity index (χ0) is 17.9. The molecule has 1 saturated heterocycles. The van der Waals surface area contributed by atoms with Gasteiger partial charge < -0.3 is 19.3 Å². The van der Waals surface area contributed by atoms with E-state index in [-0.39, 0.29) is 12.5 Å². The van der Waals surface area contributed by atoms with Crippen LogP contribution in [0.2, 0.25) is 5.02 Å². The summed E-state index contributed by atoms with van der Waals surface area (Å²) in [7, 11) is 0. The number of ether oxygens (including phenoxy) is 2. The van der Waals surface area contributed by atoms with Crippen LogP contribution >= 0.6 is 11.6 Å². The van der Waals surface area contributed by atoms with Gasteiger partial charge in [-0.1, -0.05) is 11.6 Å². The number of carbonyl (C=O) groups excluding carboxylic acids is 1. The van der Waals surface area contributed by atoms with Crippen molar-refractivity contribution in [1.29, 1.82) is 0 Å². The van der Waals surface area contributed by atoms with Crippen LogP contribution < -0.4 is 9.64 Å². The number of aromatic nitrogens is 2. The predicted octanol–water partition coefficient (Wildman–Crippen LogP) is 1.89. The van der Waals surface area contributed by atoms with Gasteiger partial charge in [0.25, 0.3) is 5.91 Å². The van der Waals surface area contributed by atoms with Crippen molar-refractivity contribution in [3.8, 4) is 5.75 Å². The Balaban J connectivity index is 1.36. The van der Waals surface area contributed by atoms with Crippen molar-refractivity contribution in [2.45, 2.75) is 13.1 Å². The first kappa shape index (κ1) is 17.1. The molecule has 0 aliphatic carbocycles. The largest absolute Gasteiger partial charge is 0.484 e. The van der Waals surface area contributed by atoms with Gasteiger partial charge in [-0.3, -0.25) is 4.79 Å². The Kier molecular flexibility index (Phi) is 4.90. The molecular formula is C18H19ClN4O3. The van der Waals surface area contributed by atoms with Crippen molar-refractivity contribution in [2.75, 3.05) is 37.8 Å². The van der Waals surface area contributed by atoms with E-state index >= 15 is 0 Å². The Morgan fingerprint density at radius 1 is 1.19 bits per heavy atom. The molecule has 7 nitrogen and oxygen atoms in total. The summed E-state index contributed by atoms with van der Waals surface area (Å²) < 4.78 is 10.9. The standard InChI is InChI=1S/C18H19ClN4O3/c19-14-1-3-15(4-2-14)26-12-17(24)23-10-13-9-20-18(21-16(13)11-23)22-5-7-25-8-6-22/h1-4,9H,5-8,10-12H2. The summed E-state index contributed by atoms with van der Waals surface area (Å²) >= 11 is 5.84. The molecule has 4 rings (SSSR count). The number of hydrogen-bond acceptors (Lipinski definition) is 6. The molecule has 0 N–H and O–H groups in total. The van der Waals surface area contributed by atoms with Crippen molar-refractivity contribution in [3.63, 3.8) is 0 Å². The first-order chi connectivity index (χ1) is 12.7. The highest BCUT2D eigenvalue weighted by molar-refractivity contribution is 6.30. The van der Waals surface area contributed by atoms with Crippen LogP contribution in [0, 0.1) is 0 Å². The second kappa shape index (κ2) is 7.47. The molecule has 1 fully saturated rings. The molecule has 0 bridgehead atoms. The maximum Gasteiger partial charge on any atom is 0.261 e. The van der Waals surface area contributed by atoms with Gasteiger partial charge in [0.1, 0.15) is 5.75 Å². The van der Waals surface area contributed by atoms with E-state index in [0.717, 1.165) is 24.3 Å². The highest BCUT2D eigenvalue weighted by atomic mass is 35.5.